The van der Waals surface area contributed by atoms with Gasteiger partial charge in [-0.15, -0.1) is 0 Å². The monoisotopic (exact) mass is 301 g/mol. The van der Waals surface area contributed by atoms with Crippen LogP contribution in [0, 0.1) is 5.92 Å². The van der Waals surface area contributed by atoms with Crippen molar-refractivity contribution < 1.29 is 9.59 Å². The van der Waals surface area contributed by atoms with Crippen molar-refractivity contribution in [3.63, 3.8) is 0 Å². The molecule has 120 valence electrons. The second-order valence-corrected chi connectivity index (χ2v) is 7.15. The molecule has 0 N–H and O–H groups in total. The van der Waals surface area contributed by atoms with Gasteiger partial charge in [-0.05, 0) is 84.3 Å². The Balaban J connectivity index is 1.63. The lowest BCUT2D eigenvalue weighted by atomic mass is 9.83. The summed E-state index contributed by atoms with van der Waals surface area (Å²) >= 11 is 0. The van der Waals surface area contributed by atoms with Crippen LogP contribution in [-0.4, -0.2) is 36.1 Å². The molecule has 22 heavy (non-hydrogen) atoms. The highest BCUT2D eigenvalue weighted by Gasteiger charge is 2.32. The third kappa shape index (κ3) is 2.96. The summed E-state index contributed by atoms with van der Waals surface area (Å²) in [5.41, 5.74) is 2.99. The van der Waals surface area contributed by atoms with Gasteiger partial charge in [0, 0.05) is 22.3 Å². The zero-order valence-corrected chi connectivity index (χ0v) is 13.9. The molecule has 3 aliphatic rings. The van der Waals surface area contributed by atoms with Crippen molar-refractivity contribution >= 4 is 11.6 Å². The van der Waals surface area contributed by atoms with E-state index in [2.05, 4.69) is 4.90 Å². The maximum absolute atomic E-state index is 12.5. The quantitative estimate of drug-likeness (QED) is 0.749. The topological polar surface area (TPSA) is 37.4 Å². The van der Waals surface area contributed by atoms with Crippen LogP contribution in [0.25, 0.3) is 0 Å². The Morgan fingerprint density at radius 3 is 1.91 bits per heavy atom. The minimum atomic E-state index is 0.132. The van der Waals surface area contributed by atoms with Gasteiger partial charge >= 0.3 is 0 Å². The van der Waals surface area contributed by atoms with E-state index in [0.717, 1.165) is 36.8 Å². The Bertz CT molecular complexity index is 512. The number of carbonyl (C=O) groups is 2. The fraction of sp³-hybridized carbons (Fsp3) is 0.684. The predicted octanol–water partition coefficient (Wildman–Crippen LogP) is 3.45. The molecule has 3 heteroatoms. The third-order valence-electron chi connectivity index (χ3n) is 5.81. The van der Waals surface area contributed by atoms with Gasteiger partial charge < -0.3 is 4.90 Å². The van der Waals surface area contributed by atoms with E-state index < -0.39 is 0 Å². The van der Waals surface area contributed by atoms with Crippen LogP contribution in [0.4, 0.5) is 0 Å². The van der Waals surface area contributed by atoms with Gasteiger partial charge in [0.05, 0.1) is 0 Å². The molecule has 0 spiro atoms. The van der Waals surface area contributed by atoms with Gasteiger partial charge in [0.2, 0.25) is 0 Å². The van der Waals surface area contributed by atoms with Crippen LogP contribution in [0.15, 0.2) is 22.3 Å². The zero-order chi connectivity index (χ0) is 15.7. The van der Waals surface area contributed by atoms with E-state index in [1.165, 1.54) is 38.9 Å². The average Bonchev–Trinajstić information content (AvgIpc) is 2.95. The minimum Gasteiger partial charge on any atom is -0.303 e. The highest BCUT2D eigenvalue weighted by Crippen LogP contribution is 2.36. The first kappa shape index (κ1) is 15.7. The van der Waals surface area contributed by atoms with Gasteiger partial charge in [-0.3, -0.25) is 9.59 Å². The van der Waals surface area contributed by atoms with Gasteiger partial charge in [-0.2, -0.15) is 0 Å². The molecule has 0 saturated carbocycles. The molecule has 0 radical (unpaired) electrons. The first-order valence-electron chi connectivity index (χ1n) is 8.79. The Kier molecular flexibility index (Phi) is 4.62. The molecule has 0 aromatic heterocycles. The number of likely N-dealkylation sites (tertiary alicyclic amines) is 1. The first-order chi connectivity index (χ1) is 10.6. The highest BCUT2D eigenvalue weighted by molar-refractivity contribution is 6.24. The Hall–Kier alpha value is -1.22. The number of nitrogens with zero attached hydrogens (tertiary/aromatic N) is 1. The molecule has 2 aliphatic carbocycles. The normalized spacial score (nSPS) is 25.0. The van der Waals surface area contributed by atoms with Crippen LogP contribution < -0.4 is 0 Å². The lowest BCUT2D eigenvalue weighted by Crippen LogP contribution is -2.22. The van der Waals surface area contributed by atoms with Crippen molar-refractivity contribution in [3.8, 4) is 0 Å². The van der Waals surface area contributed by atoms with Gasteiger partial charge in [0.15, 0.2) is 11.6 Å². The molecule has 3 rings (SSSR count). The molecular formula is C19H27NO2. The zero-order valence-electron chi connectivity index (χ0n) is 13.9. The SMILES string of the molecule is CC1=C(C)C(=O)C2=C(CCC(CCN3CCCC3)CC2)C1=O. The van der Waals surface area contributed by atoms with Crippen molar-refractivity contribution in [1.82, 2.24) is 4.90 Å². The molecule has 1 saturated heterocycles. The molecular weight excluding hydrogens is 274 g/mol. The van der Waals surface area contributed by atoms with Crippen molar-refractivity contribution in [2.75, 3.05) is 19.6 Å². The molecule has 0 unspecified atom stereocenters. The van der Waals surface area contributed by atoms with E-state index in [0.29, 0.717) is 17.1 Å². The summed E-state index contributed by atoms with van der Waals surface area (Å²) in [6, 6.07) is 0. The largest absolute Gasteiger partial charge is 0.303 e. The Labute approximate surface area is 133 Å². The van der Waals surface area contributed by atoms with Crippen LogP contribution in [0.5, 0.6) is 0 Å². The summed E-state index contributed by atoms with van der Waals surface area (Å²) in [4.78, 5) is 27.5. The van der Waals surface area contributed by atoms with E-state index in [9.17, 15) is 9.59 Å². The maximum Gasteiger partial charge on any atom is 0.185 e. The summed E-state index contributed by atoms with van der Waals surface area (Å²) in [5, 5.41) is 0. The summed E-state index contributed by atoms with van der Waals surface area (Å²) in [7, 11) is 0. The summed E-state index contributed by atoms with van der Waals surface area (Å²) in [6.45, 7) is 7.29. The van der Waals surface area contributed by atoms with Crippen LogP contribution in [0.1, 0.15) is 58.8 Å². The molecule has 0 atom stereocenters. The molecule has 0 aromatic rings. The van der Waals surface area contributed by atoms with Crippen LogP contribution in [0.3, 0.4) is 0 Å². The fourth-order valence-corrected chi connectivity index (χ4v) is 4.10. The van der Waals surface area contributed by atoms with E-state index in [-0.39, 0.29) is 11.6 Å². The van der Waals surface area contributed by atoms with Crippen molar-refractivity contribution in [2.45, 2.75) is 58.8 Å². The van der Waals surface area contributed by atoms with Gasteiger partial charge in [-0.25, -0.2) is 0 Å². The van der Waals surface area contributed by atoms with Crippen LogP contribution >= 0.6 is 0 Å². The van der Waals surface area contributed by atoms with Gasteiger partial charge in [-0.1, -0.05) is 0 Å². The molecule has 0 amide bonds. The minimum absolute atomic E-state index is 0.132. The molecule has 1 fully saturated rings. The fourth-order valence-electron chi connectivity index (χ4n) is 4.10. The number of ketones is 2. The van der Waals surface area contributed by atoms with Gasteiger partial charge in [0.1, 0.15) is 0 Å². The van der Waals surface area contributed by atoms with E-state index >= 15 is 0 Å². The Morgan fingerprint density at radius 2 is 1.41 bits per heavy atom. The van der Waals surface area contributed by atoms with E-state index in [1.54, 1.807) is 13.8 Å². The van der Waals surface area contributed by atoms with Crippen molar-refractivity contribution in [2.24, 2.45) is 5.92 Å². The molecule has 3 nitrogen and oxygen atoms in total. The number of Topliss-reactive ketones (excluding diaryl/α,β-unsaturated/α-hetero) is 2. The number of hydrogen-bond acceptors (Lipinski definition) is 3. The van der Waals surface area contributed by atoms with E-state index in [1.807, 2.05) is 0 Å². The van der Waals surface area contributed by atoms with Crippen molar-refractivity contribution in [1.29, 1.82) is 0 Å². The number of carbonyl (C=O) groups excluding carboxylic acids is 2. The molecule has 0 aromatic carbocycles. The van der Waals surface area contributed by atoms with Gasteiger partial charge in [0.25, 0.3) is 0 Å². The average molecular weight is 301 g/mol. The Morgan fingerprint density at radius 1 is 0.909 bits per heavy atom. The smallest absolute Gasteiger partial charge is 0.185 e. The second kappa shape index (κ2) is 6.49. The van der Waals surface area contributed by atoms with Crippen LogP contribution in [0.2, 0.25) is 0 Å². The summed E-state index contributed by atoms with van der Waals surface area (Å²) < 4.78 is 0. The van der Waals surface area contributed by atoms with E-state index in [4.69, 9.17) is 0 Å². The molecule has 0 bridgehead atoms. The maximum atomic E-state index is 12.5. The lowest BCUT2D eigenvalue weighted by Gasteiger charge is -2.19. The predicted molar refractivity (Wildman–Crippen MR) is 87.7 cm³/mol. The summed E-state index contributed by atoms with van der Waals surface area (Å²) in [5.74, 6) is 0.923. The number of rotatable bonds is 3. The third-order valence-corrected chi connectivity index (χ3v) is 5.81. The molecule has 1 aliphatic heterocycles. The first-order valence-corrected chi connectivity index (χ1v) is 8.79. The van der Waals surface area contributed by atoms with Crippen molar-refractivity contribution in [3.05, 3.63) is 22.3 Å². The van der Waals surface area contributed by atoms with Crippen LogP contribution in [-0.2, 0) is 9.59 Å². The highest BCUT2D eigenvalue weighted by atomic mass is 16.1. The molecule has 1 heterocycles. The standard InChI is InChI=1S/C19H27NO2/c1-13-14(2)19(22)17-8-6-15(5-7-16(17)18(13)21)9-12-20-10-3-4-11-20/h15H,3-12H2,1-2H3. The summed E-state index contributed by atoms with van der Waals surface area (Å²) in [6.07, 6.45) is 7.64. The number of hydrogen-bond donors (Lipinski definition) is 0. The second-order valence-electron chi connectivity index (χ2n) is 7.15. The number of allylic oxidation sites excluding steroid dienone is 4. The lowest BCUT2D eigenvalue weighted by molar-refractivity contribution is -0.116.